The highest BCUT2D eigenvalue weighted by Crippen LogP contribution is 2.33. The summed E-state index contributed by atoms with van der Waals surface area (Å²) in [4.78, 5) is 9.06. The lowest BCUT2D eigenvalue weighted by atomic mass is 10.3. The van der Waals surface area contributed by atoms with Gasteiger partial charge in [-0.15, -0.1) is 11.8 Å². The third-order valence-corrected chi connectivity index (χ3v) is 6.35. The van der Waals surface area contributed by atoms with Crippen molar-refractivity contribution in [2.75, 3.05) is 4.72 Å². The number of nitrogens with one attached hydrogen (secondary N) is 1. The number of sulfonamides is 1. The summed E-state index contributed by atoms with van der Waals surface area (Å²) in [5.74, 6) is 1.13. The first-order valence-electron chi connectivity index (χ1n) is 8.21. The van der Waals surface area contributed by atoms with Crippen LogP contribution in [-0.4, -0.2) is 18.4 Å². The van der Waals surface area contributed by atoms with Crippen molar-refractivity contribution in [1.29, 1.82) is 0 Å². The molecule has 28 heavy (non-hydrogen) atoms. The monoisotopic (exact) mass is 431 g/mol. The Bertz CT molecular complexity index is 1190. The van der Waals surface area contributed by atoms with Crippen LogP contribution in [-0.2, 0) is 15.8 Å². The average Bonchev–Trinajstić information content (AvgIpc) is 3.13. The van der Waals surface area contributed by atoms with E-state index in [1.165, 1.54) is 17.8 Å². The van der Waals surface area contributed by atoms with Crippen molar-refractivity contribution in [3.05, 3.63) is 77.8 Å². The Morgan fingerprint density at radius 3 is 2.61 bits per heavy atom. The number of hydrogen-bond donors (Lipinski definition) is 1. The quantitative estimate of drug-likeness (QED) is 0.434. The first-order chi connectivity index (χ1) is 13.5. The summed E-state index contributed by atoms with van der Waals surface area (Å²) in [6, 6.07) is 15.4. The van der Waals surface area contributed by atoms with Crippen LogP contribution >= 0.6 is 23.4 Å². The number of aromatic nitrogens is 2. The highest BCUT2D eigenvalue weighted by molar-refractivity contribution is 7.98. The van der Waals surface area contributed by atoms with Crippen LogP contribution in [0.2, 0.25) is 5.02 Å². The predicted molar refractivity (Wildman–Crippen MR) is 110 cm³/mol. The molecule has 2 heterocycles. The zero-order valence-corrected chi connectivity index (χ0v) is 16.8. The van der Waals surface area contributed by atoms with Crippen LogP contribution in [0.25, 0.3) is 11.0 Å². The zero-order chi connectivity index (χ0) is 19.6. The SMILES string of the molecule is O=S(=O)(Nc1cc(Cl)ccc1SCc1ncccn1)c1cc2ccccc2o1. The first kappa shape index (κ1) is 18.8. The molecule has 0 fully saturated rings. The third kappa shape index (κ3) is 4.14. The Labute approximate surface area is 171 Å². The molecule has 4 rings (SSSR count). The number of nitrogens with zero attached hydrogens (tertiary/aromatic N) is 2. The molecule has 0 aliphatic rings. The van der Waals surface area contributed by atoms with Crippen LogP contribution in [0.4, 0.5) is 5.69 Å². The van der Waals surface area contributed by atoms with Gasteiger partial charge in [0.1, 0.15) is 11.4 Å². The Balaban J connectivity index is 1.61. The number of benzene rings is 2. The minimum Gasteiger partial charge on any atom is -0.443 e. The van der Waals surface area contributed by atoms with E-state index in [0.717, 1.165) is 0 Å². The lowest BCUT2D eigenvalue weighted by Crippen LogP contribution is -2.12. The molecule has 0 aliphatic heterocycles. The maximum absolute atomic E-state index is 12.8. The Kier molecular flexibility index (Phi) is 5.25. The first-order valence-corrected chi connectivity index (χ1v) is 11.1. The third-order valence-electron chi connectivity index (χ3n) is 3.83. The minimum atomic E-state index is -3.92. The molecule has 4 aromatic rings. The van der Waals surface area contributed by atoms with Gasteiger partial charge in [-0.2, -0.15) is 8.42 Å². The van der Waals surface area contributed by atoms with E-state index in [1.807, 2.05) is 6.07 Å². The second kappa shape index (κ2) is 7.83. The molecule has 2 aromatic carbocycles. The van der Waals surface area contributed by atoms with Crippen LogP contribution in [0.5, 0.6) is 0 Å². The number of furan rings is 1. The average molecular weight is 432 g/mol. The Morgan fingerprint density at radius 2 is 1.82 bits per heavy atom. The van der Waals surface area contributed by atoms with E-state index in [-0.39, 0.29) is 5.09 Å². The molecule has 1 N–H and O–H groups in total. The largest absolute Gasteiger partial charge is 0.443 e. The molecule has 0 saturated carbocycles. The fourth-order valence-corrected chi connectivity index (χ4v) is 4.68. The topological polar surface area (TPSA) is 85.1 Å². The molecule has 0 bridgehead atoms. The van der Waals surface area contributed by atoms with Gasteiger partial charge in [-0.25, -0.2) is 9.97 Å². The molecule has 0 unspecified atom stereocenters. The molecule has 0 saturated heterocycles. The molecule has 142 valence electrons. The van der Waals surface area contributed by atoms with Gasteiger partial charge < -0.3 is 4.42 Å². The molecule has 0 spiro atoms. The summed E-state index contributed by atoms with van der Waals surface area (Å²) in [6.07, 6.45) is 3.33. The van der Waals surface area contributed by atoms with E-state index in [4.69, 9.17) is 16.0 Å². The highest BCUT2D eigenvalue weighted by Gasteiger charge is 2.21. The van der Waals surface area contributed by atoms with Gasteiger partial charge >= 0.3 is 0 Å². The number of anilines is 1. The van der Waals surface area contributed by atoms with Gasteiger partial charge in [0.2, 0.25) is 5.09 Å². The van der Waals surface area contributed by atoms with Gasteiger partial charge in [-0.3, -0.25) is 4.72 Å². The van der Waals surface area contributed by atoms with Crippen molar-refractivity contribution in [2.45, 2.75) is 15.7 Å². The maximum Gasteiger partial charge on any atom is 0.295 e. The Hall–Kier alpha value is -2.55. The van der Waals surface area contributed by atoms with Crippen molar-refractivity contribution >= 4 is 50.0 Å². The lowest BCUT2D eigenvalue weighted by Gasteiger charge is -2.11. The number of fused-ring (bicyclic) bond motifs is 1. The van der Waals surface area contributed by atoms with E-state index in [2.05, 4.69) is 14.7 Å². The van der Waals surface area contributed by atoms with Gasteiger partial charge in [-0.05, 0) is 30.3 Å². The van der Waals surface area contributed by atoms with Gasteiger partial charge in [0.05, 0.1) is 11.4 Å². The van der Waals surface area contributed by atoms with Crippen LogP contribution in [0.15, 0.2) is 81.4 Å². The number of rotatable bonds is 6. The van der Waals surface area contributed by atoms with E-state index in [1.54, 1.807) is 54.9 Å². The zero-order valence-electron chi connectivity index (χ0n) is 14.4. The summed E-state index contributed by atoms with van der Waals surface area (Å²) in [5.41, 5.74) is 0.874. The molecule has 0 radical (unpaired) electrons. The maximum atomic E-state index is 12.8. The summed E-state index contributed by atoms with van der Waals surface area (Å²) in [7, 11) is -3.92. The molecular weight excluding hydrogens is 418 g/mol. The molecule has 0 aliphatic carbocycles. The summed E-state index contributed by atoms with van der Waals surface area (Å²) in [6.45, 7) is 0. The van der Waals surface area contributed by atoms with Crippen LogP contribution < -0.4 is 4.72 Å². The summed E-state index contributed by atoms with van der Waals surface area (Å²) >= 11 is 7.49. The number of thioether (sulfide) groups is 1. The molecule has 0 atom stereocenters. The predicted octanol–water partition coefficient (Wildman–Crippen LogP) is 4.97. The standard InChI is InChI=1S/C19H14ClN3O3S2/c20-14-6-7-17(27-12-18-21-8-3-9-22-18)15(11-14)23-28(24,25)19-10-13-4-1-2-5-16(13)26-19/h1-11,23H,12H2. The number of para-hydroxylation sites is 1. The number of hydrogen-bond acceptors (Lipinski definition) is 6. The van der Waals surface area contributed by atoms with E-state index >= 15 is 0 Å². The highest BCUT2D eigenvalue weighted by atomic mass is 35.5. The fourth-order valence-electron chi connectivity index (χ4n) is 2.54. The van der Waals surface area contributed by atoms with Gasteiger partial charge in [-0.1, -0.05) is 29.8 Å². The Morgan fingerprint density at radius 1 is 1.04 bits per heavy atom. The van der Waals surface area contributed by atoms with Crippen molar-refractivity contribution in [1.82, 2.24) is 9.97 Å². The molecule has 0 amide bonds. The molecule has 9 heteroatoms. The van der Waals surface area contributed by atoms with E-state index in [0.29, 0.717) is 38.2 Å². The molecule has 6 nitrogen and oxygen atoms in total. The van der Waals surface area contributed by atoms with Crippen molar-refractivity contribution in [3.63, 3.8) is 0 Å². The molecule has 2 aromatic heterocycles. The lowest BCUT2D eigenvalue weighted by molar-refractivity contribution is 0.484. The van der Waals surface area contributed by atoms with E-state index < -0.39 is 10.0 Å². The van der Waals surface area contributed by atoms with Crippen molar-refractivity contribution in [2.24, 2.45) is 0 Å². The van der Waals surface area contributed by atoms with Crippen LogP contribution in [0.1, 0.15) is 5.82 Å². The van der Waals surface area contributed by atoms with Crippen molar-refractivity contribution in [3.8, 4) is 0 Å². The van der Waals surface area contributed by atoms with Gasteiger partial charge in [0.15, 0.2) is 0 Å². The van der Waals surface area contributed by atoms with Gasteiger partial charge in [0, 0.05) is 33.8 Å². The van der Waals surface area contributed by atoms with Crippen LogP contribution in [0.3, 0.4) is 0 Å². The second-order valence-electron chi connectivity index (χ2n) is 5.80. The number of halogens is 1. The van der Waals surface area contributed by atoms with Gasteiger partial charge in [0.25, 0.3) is 10.0 Å². The molecular formula is C19H14ClN3O3S2. The van der Waals surface area contributed by atoms with Crippen LogP contribution in [0, 0.1) is 0 Å². The smallest absolute Gasteiger partial charge is 0.295 e. The normalized spacial score (nSPS) is 11.6. The van der Waals surface area contributed by atoms with Crippen molar-refractivity contribution < 1.29 is 12.8 Å². The minimum absolute atomic E-state index is 0.156. The summed E-state index contributed by atoms with van der Waals surface area (Å²) in [5, 5.41) is 0.975. The summed E-state index contributed by atoms with van der Waals surface area (Å²) < 4.78 is 33.7. The van der Waals surface area contributed by atoms with E-state index in [9.17, 15) is 8.42 Å². The second-order valence-corrected chi connectivity index (χ2v) is 8.87. The fraction of sp³-hybridized carbons (Fsp3) is 0.0526.